The maximum atomic E-state index is 12.6. The van der Waals surface area contributed by atoms with E-state index in [0.29, 0.717) is 6.42 Å². The molecule has 4 rings (SSSR count). The number of rotatable bonds is 1. The van der Waals surface area contributed by atoms with Crippen LogP contribution >= 0.6 is 11.8 Å². The van der Waals surface area contributed by atoms with E-state index in [-0.39, 0.29) is 5.78 Å². The molecule has 106 valence electrons. The fourth-order valence-electron chi connectivity index (χ4n) is 2.78. The van der Waals surface area contributed by atoms with Gasteiger partial charge in [0.15, 0.2) is 5.78 Å². The molecule has 1 aliphatic heterocycles. The summed E-state index contributed by atoms with van der Waals surface area (Å²) in [4.78, 5) is 14.9. The number of hydrogen-bond acceptors (Lipinski definition) is 2. The molecule has 2 heteroatoms. The second kappa shape index (κ2) is 5.47. The lowest BCUT2D eigenvalue weighted by molar-refractivity contribution is 0.0990. The average molecular weight is 302 g/mol. The van der Waals surface area contributed by atoms with E-state index in [1.165, 1.54) is 4.90 Å². The van der Waals surface area contributed by atoms with Crippen LogP contribution in [0.1, 0.15) is 15.9 Å². The second-order valence-corrected chi connectivity index (χ2v) is 6.47. The number of Topliss-reactive ketones (excluding diaryl/α,β-unsaturated/α-hetero) is 1. The molecule has 0 saturated carbocycles. The van der Waals surface area contributed by atoms with Gasteiger partial charge in [0, 0.05) is 21.8 Å². The van der Waals surface area contributed by atoms with E-state index in [9.17, 15) is 4.79 Å². The number of carbonyl (C=O) groups is 1. The van der Waals surface area contributed by atoms with E-state index in [1.54, 1.807) is 11.8 Å². The summed E-state index contributed by atoms with van der Waals surface area (Å²) in [6.45, 7) is 0. The van der Waals surface area contributed by atoms with Crippen molar-refractivity contribution in [3.8, 4) is 11.1 Å². The van der Waals surface area contributed by atoms with Crippen LogP contribution in [0, 0.1) is 0 Å². The maximum absolute atomic E-state index is 12.6. The maximum Gasteiger partial charge on any atom is 0.168 e. The van der Waals surface area contributed by atoms with Gasteiger partial charge in [-0.2, -0.15) is 0 Å². The SMILES string of the molecule is O=C1Cc2ccccc2Sc2ccc(-c3ccccc3)cc21. The third-order valence-electron chi connectivity index (χ3n) is 3.93. The third-order valence-corrected chi connectivity index (χ3v) is 5.12. The Morgan fingerprint density at radius 3 is 2.36 bits per heavy atom. The van der Waals surface area contributed by atoms with E-state index < -0.39 is 0 Å². The van der Waals surface area contributed by atoms with Gasteiger partial charge in [-0.1, -0.05) is 66.4 Å². The van der Waals surface area contributed by atoms with Crippen molar-refractivity contribution in [2.45, 2.75) is 16.2 Å². The monoisotopic (exact) mass is 302 g/mol. The molecule has 0 radical (unpaired) electrons. The van der Waals surface area contributed by atoms with E-state index in [0.717, 1.165) is 27.1 Å². The first-order valence-electron chi connectivity index (χ1n) is 7.30. The van der Waals surface area contributed by atoms with Gasteiger partial charge in [0.25, 0.3) is 0 Å². The normalized spacial score (nSPS) is 13.2. The second-order valence-electron chi connectivity index (χ2n) is 5.39. The molecule has 3 aromatic rings. The van der Waals surface area contributed by atoms with Crippen molar-refractivity contribution in [3.63, 3.8) is 0 Å². The van der Waals surface area contributed by atoms with Gasteiger partial charge in [-0.15, -0.1) is 0 Å². The van der Waals surface area contributed by atoms with E-state index >= 15 is 0 Å². The zero-order chi connectivity index (χ0) is 14.9. The van der Waals surface area contributed by atoms with Crippen LogP contribution in [-0.2, 0) is 6.42 Å². The fourth-order valence-corrected chi connectivity index (χ4v) is 3.86. The Balaban J connectivity index is 1.82. The molecule has 0 aliphatic carbocycles. The minimum atomic E-state index is 0.199. The summed E-state index contributed by atoms with van der Waals surface area (Å²) < 4.78 is 0. The molecule has 3 aromatic carbocycles. The summed E-state index contributed by atoms with van der Waals surface area (Å²) in [6.07, 6.45) is 0.481. The predicted molar refractivity (Wildman–Crippen MR) is 90.5 cm³/mol. The van der Waals surface area contributed by atoms with Gasteiger partial charge >= 0.3 is 0 Å². The highest BCUT2D eigenvalue weighted by Gasteiger charge is 2.20. The topological polar surface area (TPSA) is 17.1 Å². The van der Waals surface area contributed by atoms with Crippen molar-refractivity contribution in [1.82, 2.24) is 0 Å². The van der Waals surface area contributed by atoms with Crippen LogP contribution in [0.5, 0.6) is 0 Å². The van der Waals surface area contributed by atoms with Crippen LogP contribution in [0.15, 0.2) is 82.6 Å². The molecule has 0 aromatic heterocycles. The highest BCUT2D eigenvalue weighted by Crippen LogP contribution is 2.38. The minimum absolute atomic E-state index is 0.199. The number of ketones is 1. The molecule has 0 saturated heterocycles. The van der Waals surface area contributed by atoms with Gasteiger partial charge < -0.3 is 0 Å². The molecule has 0 bridgehead atoms. The molecule has 1 aliphatic rings. The molecule has 0 N–H and O–H groups in total. The third kappa shape index (κ3) is 2.36. The lowest BCUT2D eigenvalue weighted by Crippen LogP contribution is -2.03. The van der Waals surface area contributed by atoms with Gasteiger partial charge in [-0.25, -0.2) is 0 Å². The number of carbonyl (C=O) groups excluding carboxylic acids is 1. The van der Waals surface area contributed by atoms with Crippen molar-refractivity contribution in [2.24, 2.45) is 0 Å². The van der Waals surface area contributed by atoms with Gasteiger partial charge in [0.05, 0.1) is 0 Å². The molecule has 0 spiro atoms. The standard InChI is InChI=1S/C20H14OS/c21-18-13-16-8-4-5-9-19(16)22-20-11-10-15(12-17(18)20)14-6-2-1-3-7-14/h1-12H,13H2. The van der Waals surface area contributed by atoms with Crippen LogP contribution in [-0.4, -0.2) is 5.78 Å². The minimum Gasteiger partial charge on any atom is -0.294 e. The van der Waals surface area contributed by atoms with Gasteiger partial charge in [0.1, 0.15) is 0 Å². The van der Waals surface area contributed by atoms with E-state index in [1.807, 2.05) is 42.5 Å². The Morgan fingerprint density at radius 2 is 1.50 bits per heavy atom. The lowest BCUT2D eigenvalue weighted by Gasteiger charge is -2.08. The van der Waals surface area contributed by atoms with Gasteiger partial charge in [-0.3, -0.25) is 4.79 Å². The van der Waals surface area contributed by atoms with E-state index in [4.69, 9.17) is 0 Å². The van der Waals surface area contributed by atoms with Crippen molar-refractivity contribution < 1.29 is 4.79 Å². The summed E-state index contributed by atoms with van der Waals surface area (Å²) >= 11 is 1.69. The molecular formula is C20H14OS. The van der Waals surface area contributed by atoms with Crippen molar-refractivity contribution in [3.05, 3.63) is 83.9 Å². The smallest absolute Gasteiger partial charge is 0.168 e. The molecule has 1 heterocycles. The largest absolute Gasteiger partial charge is 0.294 e. The zero-order valence-electron chi connectivity index (χ0n) is 12.0. The van der Waals surface area contributed by atoms with Crippen LogP contribution < -0.4 is 0 Å². The molecule has 0 unspecified atom stereocenters. The van der Waals surface area contributed by atoms with E-state index in [2.05, 4.69) is 30.3 Å². The number of benzene rings is 3. The van der Waals surface area contributed by atoms with Crippen LogP contribution in [0.2, 0.25) is 0 Å². The zero-order valence-corrected chi connectivity index (χ0v) is 12.8. The summed E-state index contributed by atoms with van der Waals surface area (Å²) in [5, 5.41) is 0. The molecule has 22 heavy (non-hydrogen) atoms. The molecule has 0 atom stereocenters. The summed E-state index contributed by atoms with van der Waals surface area (Å²) in [7, 11) is 0. The first-order valence-corrected chi connectivity index (χ1v) is 8.11. The summed E-state index contributed by atoms with van der Waals surface area (Å²) in [5.74, 6) is 0.199. The van der Waals surface area contributed by atoms with Gasteiger partial charge in [-0.05, 0) is 34.9 Å². The molecule has 1 nitrogen and oxygen atoms in total. The number of fused-ring (bicyclic) bond motifs is 2. The van der Waals surface area contributed by atoms with Crippen molar-refractivity contribution in [2.75, 3.05) is 0 Å². The quantitative estimate of drug-likeness (QED) is 0.611. The summed E-state index contributed by atoms with van der Waals surface area (Å²) in [6, 6.07) is 24.6. The first-order chi connectivity index (χ1) is 10.8. The summed E-state index contributed by atoms with van der Waals surface area (Å²) in [5.41, 5.74) is 4.20. The Kier molecular flexibility index (Phi) is 3.32. The van der Waals surface area contributed by atoms with Crippen molar-refractivity contribution >= 4 is 17.5 Å². The highest BCUT2D eigenvalue weighted by molar-refractivity contribution is 7.99. The molecular weight excluding hydrogens is 288 g/mol. The molecule has 0 fully saturated rings. The van der Waals surface area contributed by atoms with Crippen molar-refractivity contribution in [1.29, 1.82) is 0 Å². The van der Waals surface area contributed by atoms with Crippen LogP contribution in [0.3, 0.4) is 0 Å². The number of hydrogen-bond donors (Lipinski definition) is 0. The van der Waals surface area contributed by atoms with Crippen LogP contribution in [0.4, 0.5) is 0 Å². The highest BCUT2D eigenvalue weighted by atomic mass is 32.2. The molecule has 0 amide bonds. The first kappa shape index (κ1) is 13.4. The fraction of sp³-hybridized carbons (Fsp3) is 0.0500. The Bertz CT molecular complexity index is 853. The predicted octanol–water partition coefficient (Wildman–Crippen LogP) is 5.24. The lowest BCUT2D eigenvalue weighted by atomic mass is 9.98. The van der Waals surface area contributed by atoms with Crippen LogP contribution in [0.25, 0.3) is 11.1 Å². The Hall–Kier alpha value is -2.32. The van der Waals surface area contributed by atoms with Gasteiger partial charge in [0.2, 0.25) is 0 Å². The Morgan fingerprint density at radius 1 is 0.727 bits per heavy atom. The Labute approximate surface area is 134 Å². The average Bonchev–Trinajstić information content (AvgIpc) is 2.71.